The van der Waals surface area contributed by atoms with Crippen molar-refractivity contribution >= 4 is 11.8 Å². The third-order valence-electron chi connectivity index (χ3n) is 2.74. The summed E-state index contributed by atoms with van der Waals surface area (Å²) in [5, 5.41) is 7.91. The summed E-state index contributed by atoms with van der Waals surface area (Å²) in [6.45, 7) is 5.37. The highest BCUT2D eigenvalue weighted by Crippen LogP contribution is 2.15. The van der Waals surface area contributed by atoms with Gasteiger partial charge in [-0.3, -0.25) is 4.68 Å². The van der Waals surface area contributed by atoms with Crippen molar-refractivity contribution in [3.8, 4) is 0 Å². The molecule has 3 nitrogen and oxygen atoms in total. The molecule has 1 heterocycles. The van der Waals surface area contributed by atoms with E-state index in [2.05, 4.69) is 36.7 Å². The van der Waals surface area contributed by atoms with Gasteiger partial charge in [-0.1, -0.05) is 0 Å². The Balaban J connectivity index is 2.29. The summed E-state index contributed by atoms with van der Waals surface area (Å²) in [5.74, 6) is 1.27. The van der Waals surface area contributed by atoms with E-state index < -0.39 is 0 Å². The van der Waals surface area contributed by atoms with Crippen molar-refractivity contribution in [1.82, 2.24) is 15.1 Å². The van der Waals surface area contributed by atoms with Crippen LogP contribution < -0.4 is 5.32 Å². The highest BCUT2D eigenvalue weighted by Gasteiger charge is 2.10. The van der Waals surface area contributed by atoms with Crippen molar-refractivity contribution in [2.24, 2.45) is 7.05 Å². The molecule has 0 bridgehead atoms. The maximum Gasteiger partial charge on any atom is 0.0641 e. The molecule has 4 heteroatoms. The monoisotopic (exact) mass is 241 g/mol. The molecule has 0 fully saturated rings. The van der Waals surface area contributed by atoms with Gasteiger partial charge in [0, 0.05) is 24.8 Å². The van der Waals surface area contributed by atoms with E-state index in [9.17, 15) is 0 Å². The highest BCUT2D eigenvalue weighted by atomic mass is 32.2. The Morgan fingerprint density at radius 3 is 2.81 bits per heavy atom. The Morgan fingerprint density at radius 2 is 2.25 bits per heavy atom. The van der Waals surface area contributed by atoms with Crippen molar-refractivity contribution in [3.63, 3.8) is 0 Å². The fraction of sp³-hybridized carbons (Fsp3) is 0.750. The molecule has 0 spiro atoms. The predicted molar refractivity (Wildman–Crippen MR) is 72.0 cm³/mol. The SMILES string of the molecule is CSCCCCNC(C)c1cn(C)nc1C. The molecule has 0 aliphatic carbocycles. The molecule has 16 heavy (non-hydrogen) atoms. The van der Waals surface area contributed by atoms with Gasteiger partial charge < -0.3 is 5.32 Å². The average Bonchev–Trinajstić information content (AvgIpc) is 2.57. The minimum Gasteiger partial charge on any atom is -0.310 e. The zero-order valence-corrected chi connectivity index (χ0v) is 11.6. The van der Waals surface area contributed by atoms with E-state index in [1.165, 1.54) is 24.2 Å². The van der Waals surface area contributed by atoms with Crippen molar-refractivity contribution in [2.45, 2.75) is 32.7 Å². The van der Waals surface area contributed by atoms with E-state index >= 15 is 0 Å². The molecule has 1 aromatic heterocycles. The van der Waals surface area contributed by atoms with Crippen LogP contribution in [0.2, 0.25) is 0 Å². The van der Waals surface area contributed by atoms with Crippen LogP contribution in [0.25, 0.3) is 0 Å². The molecule has 0 amide bonds. The summed E-state index contributed by atoms with van der Waals surface area (Å²) in [6, 6.07) is 0.406. The molecule has 0 aliphatic rings. The summed E-state index contributed by atoms with van der Waals surface area (Å²) < 4.78 is 1.89. The molecule has 1 rings (SSSR count). The fourth-order valence-electron chi connectivity index (χ4n) is 1.84. The quantitative estimate of drug-likeness (QED) is 0.744. The fourth-order valence-corrected chi connectivity index (χ4v) is 2.34. The Kier molecular flexibility index (Phi) is 5.91. The second-order valence-electron chi connectivity index (χ2n) is 4.22. The van der Waals surface area contributed by atoms with Gasteiger partial charge in [0.05, 0.1) is 5.69 Å². The zero-order valence-electron chi connectivity index (χ0n) is 10.8. The van der Waals surface area contributed by atoms with Gasteiger partial charge in [0.1, 0.15) is 0 Å². The maximum absolute atomic E-state index is 4.36. The summed E-state index contributed by atoms with van der Waals surface area (Å²) in [5.41, 5.74) is 2.44. The van der Waals surface area contributed by atoms with Crippen molar-refractivity contribution in [2.75, 3.05) is 18.6 Å². The Labute approximate surface area is 103 Å². The van der Waals surface area contributed by atoms with Crippen LogP contribution in [0.15, 0.2) is 6.20 Å². The third-order valence-corrected chi connectivity index (χ3v) is 3.44. The second kappa shape index (κ2) is 6.97. The molecule has 0 aromatic carbocycles. The minimum absolute atomic E-state index is 0.406. The van der Waals surface area contributed by atoms with Gasteiger partial charge in [-0.25, -0.2) is 0 Å². The molecule has 92 valence electrons. The number of nitrogens with one attached hydrogen (secondary N) is 1. The van der Waals surface area contributed by atoms with Crippen LogP contribution in [0, 0.1) is 6.92 Å². The lowest BCUT2D eigenvalue weighted by Crippen LogP contribution is -2.20. The third kappa shape index (κ3) is 4.18. The van der Waals surface area contributed by atoms with Gasteiger partial charge in [0.25, 0.3) is 0 Å². The van der Waals surface area contributed by atoms with E-state index in [0.717, 1.165) is 12.2 Å². The number of thioether (sulfide) groups is 1. The molecule has 0 saturated carbocycles. The van der Waals surface area contributed by atoms with Crippen LogP contribution in [0.4, 0.5) is 0 Å². The zero-order chi connectivity index (χ0) is 12.0. The number of nitrogens with zero attached hydrogens (tertiary/aromatic N) is 2. The first-order valence-electron chi connectivity index (χ1n) is 5.87. The summed E-state index contributed by atoms with van der Waals surface area (Å²) in [6.07, 6.45) is 6.82. The van der Waals surface area contributed by atoms with Gasteiger partial charge in [-0.05, 0) is 45.2 Å². The first-order valence-corrected chi connectivity index (χ1v) is 7.27. The average molecular weight is 241 g/mol. The lowest BCUT2D eigenvalue weighted by molar-refractivity contribution is 0.553. The smallest absolute Gasteiger partial charge is 0.0641 e. The van der Waals surface area contributed by atoms with E-state index in [0.29, 0.717) is 6.04 Å². The largest absolute Gasteiger partial charge is 0.310 e. The molecule has 1 aromatic rings. The highest BCUT2D eigenvalue weighted by molar-refractivity contribution is 7.98. The van der Waals surface area contributed by atoms with Crippen molar-refractivity contribution < 1.29 is 0 Å². The number of rotatable bonds is 7. The van der Waals surface area contributed by atoms with Crippen LogP contribution in [-0.4, -0.2) is 28.3 Å². The van der Waals surface area contributed by atoms with Gasteiger partial charge >= 0.3 is 0 Å². The van der Waals surface area contributed by atoms with Crippen LogP contribution >= 0.6 is 11.8 Å². The van der Waals surface area contributed by atoms with E-state index in [4.69, 9.17) is 0 Å². The van der Waals surface area contributed by atoms with Crippen LogP contribution in [0.3, 0.4) is 0 Å². The number of hydrogen-bond donors (Lipinski definition) is 1. The molecule has 1 atom stereocenters. The first-order chi connectivity index (χ1) is 7.65. The Hall–Kier alpha value is -0.480. The van der Waals surface area contributed by atoms with E-state index in [1.807, 2.05) is 23.5 Å². The molecule has 0 aliphatic heterocycles. The van der Waals surface area contributed by atoms with Crippen molar-refractivity contribution in [3.05, 3.63) is 17.5 Å². The van der Waals surface area contributed by atoms with E-state index in [-0.39, 0.29) is 0 Å². The Morgan fingerprint density at radius 1 is 1.50 bits per heavy atom. The van der Waals surface area contributed by atoms with Gasteiger partial charge in [0.15, 0.2) is 0 Å². The number of unbranched alkanes of at least 4 members (excludes halogenated alkanes) is 1. The first kappa shape index (κ1) is 13.6. The second-order valence-corrected chi connectivity index (χ2v) is 5.20. The normalized spacial score (nSPS) is 13.0. The predicted octanol–water partition coefficient (Wildman–Crippen LogP) is 2.52. The number of hydrogen-bond acceptors (Lipinski definition) is 3. The lowest BCUT2D eigenvalue weighted by Gasteiger charge is -2.12. The molecule has 0 radical (unpaired) electrons. The molecule has 1 N–H and O–H groups in total. The van der Waals surface area contributed by atoms with Gasteiger partial charge in [-0.2, -0.15) is 16.9 Å². The van der Waals surface area contributed by atoms with Crippen LogP contribution in [0.5, 0.6) is 0 Å². The molecular formula is C12H23N3S. The summed E-state index contributed by atoms with van der Waals surface area (Å²) in [7, 11) is 1.97. The minimum atomic E-state index is 0.406. The van der Waals surface area contributed by atoms with Gasteiger partial charge in [0.2, 0.25) is 0 Å². The van der Waals surface area contributed by atoms with Gasteiger partial charge in [-0.15, -0.1) is 0 Å². The number of aryl methyl sites for hydroxylation is 2. The molecular weight excluding hydrogens is 218 g/mol. The van der Waals surface area contributed by atoms with E-state index in [1.54, 1.807) is 0 Å². The standard InChI is InChI=1S/C12H23N3S/c1-10(13-7-5-6-8-16-4)12-9-15(3)14-11(12)2/h9-10,13H,5-8H2,1-4H3. The van der Waals surface area contributed by atoms with Crippen LogP contribution in [0.1, 0.15) is 37.1 Å². The topological polar surface area (TPSA) is 29.9 Å². The summed E-state index contributed by atoms with van der Waals surface area (Å²) in [4.78, 5) is 0. The summed E-state index contributed by atoms with van der Waals surface area (Å²) >= 11 is 1.92. The number of aromatic nitrogens is 2. The molecule has 0 saturated heterocycles. The Bertz CT molecular complexity index is 309. The van der Waals surface area contributed by atoms with Crippen molar-refractivity contribution in [1.29, 1.82) is 0 Å². The maximum atomic E-state index is 4.36. The molecule has 1 unspecified atom stereocenters. The van der Waals surface area contributed by atoms with Crippen LogP contribution in [-0.2, 0) is 7.05 Å². The lowest BCUT2D eigenvalue weighted by atomic mass is 10.1.